The molecule has 0 radical (unpaired) electrons. The highest BCUT2D eigenvalue weighted by molar-refractivity contribution is 5.62. The summed E-state index contributed by atoms with van der Waals surface area (Å²) < 4.78 is 5.33. The van der Waals surface area contributed by atoms with E-state index in [0.29, 0.717) is 30.7 Å². The van der Waals surface area contributed by atoms with Crippen molar-refractivity contribution in [3.63, 3.8) is 0 Å². The quantitative estimate of drug-likeness (QED) is 0.657. The number of rotatable bonds is 4. The van der Waals surface area contributed by atoms with E-state index in [2.05, 4.69) is 15.3 Å². The second-order valence-corrected chi connectivity index (χ2v) is 4.77. The van der Waals surface area contributed by atoms with Crippen molar-refractivity contribution in [2.75, 3.05) is 37.5 Å². The van der Waals surface area contributed by atoms with Crippen molar-refractivity contribution in [1.82, 2.24) is 9.97 Å². The van der Waals surface area contributed by atoms with Crippen LogP contribution in [-0.2, 0) is 4.74 Å². The van der Waals surface area contributed by atoms with Crippen LogP contribution in [0.15, 0.2) is 0 Å². The zero-order valence-corrected chi connectivity index (χ0v) is 11.9. The van der Waals surface area contributed by atoms with Crippen molar-refractivity contribution < 1.29 is 9.66 Å². The van der Waals surface area contributed by atoms with Gasteiger partial charge in [0.1, 0.15) is 5.69 Å². The van der Waals surface area contributed by atoms with Gasteiger partial charge in [-0.25, -0.2) is 4.98 Å². The smallest absolute Gasteiger partial charge is 0.332 e. The van der Waals surface area contributed by atoms with Gasteiger partial charge in [-0.15, -0.1) is 0 Å². The standard InChI is InChI=1S/C12H19N5O3/c1-8-10(17(18)19)11(15-12(13-2)14-8)16(3)9-4-6-20-7-5-9/h9H,4-7H2,1-3H3,(H,13,14,15). The van der Waals surface area contributed by atoms with Crippen LogP contribution in [0.1, 0.15) is 18.5 Å². The summed E-state index contributed by atoms with van der Waals surface area (Å²) in [4.78, 5) is 21.1. The molecular formula is C12H19N5O3. The highest BCUT2D eigenvalue weighted by Crippen LogP contribution is 2.31. The maximum Gasteiger partial charge on any atom is 0.332 e. The van der Waals surface area contributed by atoms with Gasteiger partial charge >= 0.3 is 5.69 Å². The van der Waals surface area contributed by atoms with Gasteiger partial charge in [-0.05, 0) is 19.8 Å². The van der Waals surface area contributed by atoms with Crippen LogP contribution in [0.5, 0.6) is 0 Å². The van der Waals surface area contributed by atoms with Gasteiger partial charge < -0.3 is 15.0 Å². The molecule has 1 fully saturated rings. The van der Waals surface area contributed by atoms with E-state index < -0.39 is 4.92 Å². The van der Waals surface area contributed by atoms with Gasteiger partial charge in [0.2, 0.25) is 11.8 Å². The first kappa shape index (κ1) is 14.4. The van der Waals surface area contributed by atoms with Crippen molar-refractivity contribution >= 4 is 17.5 Å². The summed E-state index contributed by atoms with van der Waals surface area (Å²) in [5.41, 5.74) is 0.334. The van der Waals surface area contributed by atoms with Crippen LogP contribution in [-0.4, -0.2) is 48.2 Å². The topological polar surface area (TPSA) is 93.4 Å². The number of hydrogen-bond acceptors (Lipinski definition) is 7. The van der Waals surface area contributed by atoms with Crippen LogP contribution in [0.25, 0.3) is 0 Å². The number of nitro groups is 1. The van der Waals surface area contributed by atoms with E-state index >= 15 is 0 Å². The molecule has 20 heavy (non-hydrogen) atoms. The molecule has 0 unspecified atom stereocenters. The Morgan fingerprint density at radius 3 is 2.60 bits per heavy atom. The third-order valence-corrected chi connectivity index (χ3v) is 3.52. The molecule has 0 aliphatic carbocycles. The normalized spacial score (nSPS) is 15.9. The van der Waals surface area contributed by atoms with Gasteiger partial charge in [0.15, 0.2) is 0 Å². The molecule has 110 valence electrons. The van der Waals surface area contributed by atoms with Crippen LogP contribution in [0, 0.1) is 17.0 Å². The number of aromatic nitrogens is 2. The summed E-state index contributed by atoms with van der Waals surface area (Å²) in [7, 11) is 3.53. The molecule has 1 aliphatic rings. The molecule has 0 saturated carbocycles. The molecular weight excluding hydrogens is 262 g/mol. The number of nitrogens with one attached hydrogen (secondary N) is 1. The first-order valence-corrected chi connectivity index (χ1v) is 6.56. The van der Waals surface area contributed by atoms with Crippen molar-refractivity contribution in [1.29, 1.82) is 0 Å². The summed E-state index contributed by atoms with van der Waals surface area (Å²) in [5, 5.41) is 14.1. The molecule has 0 spiro atoms. The minimum Gasteiger partial charge on any atom is -0.381 e. The van der Waals surface area contributed by atoms with Gasteiger partial charge in [-0.1, -0.05) is 0 Å². The third kappa shape index (κ3) is 2.79. The molecule has 8 heteroatoms. The maximum absolute atomic E-state index is 11.3. The summed E-state index contributed by atoms with van der Waals surface area (Å²) in [6.07, 6.45) is 1.68. The monoisotopic (exact) mass is 281 g/mol. The number of anilines is 2. The fourth-order valence-corrected chi connectivity index (χ4v) is 2.37. The zero-order chi connectivity index (χ0) is 14.7. The van der Waals surface area contributed by atoms with Crippen molar-refractivity contribution in [2.45, 2.75) is 25.8 Å². The Balaban J connectivity index is 2.41. The van der Waals surface area contributed by atoms with E-state index in [0.717, 1.165) is 12.8 Å². The molecule has 1 aliphatic heterocycles. The Kier molecular flexibility index (Phi) is 4.33. The summed E-state index contributed by atoms with van der Waals surface area (Å²) >= 11 is 0. The lowest BCUT2D eigenvalue weighted by atomic mass is 10.1. The Labute approximate surface area is 117 Å². The number of ether oxygens (including phenoxy) is 1. The molecule has 2 rings (SSSR count). The molecule has 0 bridgehead atoms. The molecule has 1 aromatic rings. The van der Waals surface area contributed by atoms with Crippen LogP contribution < -0.4 is 10.2 Å². The van der Waals surface area contributed by atoms with Crippen LogP contribution in [0.3, 0.4) is 0 Å². The summed E-state index contributed by atoms with van der Waals surface area (Å²) in [5.74, 6) is 0.751. The largest absolute Gasteiger partial charge is 0.381 e. The van der Waals surface area contributed by atoms with Crippen LogP contribution in [0.4, 0.5) is 17.5 Å². The van der Waals surface area contributed by atoms with E-state index in [1.165, 1.54) is 0 Å². The van der Waals surface area contributed by atoms with E-state index in [-0.39, 0.29) is 11.7 Å². The maximum atomic E-state index is 11.3. The van der Waals surface area contributed by atoms with Gasteiger partial charge in [-0.2, -0.15) is 4.98 Å². The van der Waals surface area contributed by atoms with Crippen molar-refractivity contribution in [3.8, 4) is 0 Å². The lowest BCUT2D eigenvalue weighted by Crippen LogP contribution is -2.37. The highest BCUT2D eigenvalue weighted by Gasteiger charge is 2.29. The number of aryl methyl sites for hydroxylation is 1. The zero-order valence-electron chi connectivity index (χ0n) is 11.9. The second kappa shape index (κ2) is 6.00. The Hall–Kier alpha value is -1.96. The Morgan fingerprint density at radius 2 is 2.05 bits per heavy atom. The predicted molar refractivity (Wildman–Crippen MR) is 75.2 cm³/mol. The number of nitrogens with zero attached hydrogens (tertiary/aromatic N) is 4. The Morgan fingerprint density at radius 1 is 1.40 bits per heavy atom. The summed E-state index contributed by atoms with van der Waals surface area (Å²) in [6.45, 7) is 2.97. The van der Waals surface area contributed by atoms with E-state index in [9.17, 15) is 10.1 Å². The third-order valence-electron chi connectivity index (χ3n) is 3.52. The highest BCUT2D eigenvalue weighted by atomic mass is 16.6. The minimum atomic E-state index is -0.417. The molecule has 1 aromatic heterocycles. The fraction of sp³-hybridized carbons (Fsp3) is 0.667. The lowest BCUT2D eigenvalue weighted by molar-refractivity contribution is -0.385. The Bertz CT molecular complexity index is 502. The van der Waals surface area contributed by atoms with Crippen LogP contribution in [0.2, 0.25) is 0 Å². The molecule has 1 saturated heterocycles. The molecule has 1 N–H and O–H groups in total. The molecule has 8 nitrogen and oxygen atoms in total. The predicted octanol–water partition coefficient (Wildman–Crippen LogP) is 1.35. The molecule has 2 heterocycles. The average molecular weight is 281 g/mol. The van der Waals surface area contributed by atoms with Gasteiger partial charge in [-0.3, -0.25) is 10.1 Å². The summed E-state index contributed by atoms with van der Waals surface area (Å²) in [6, 6.07) is 0.196. The first-order chi connectivity index (χ1) is 9.54. The van der Waals surface area contributed by atoms with Crippen molar-refractivity contribution in [3.05, 3.63) is 15.8 Å². The van der Waals surface area contributed by atoms with Gasteiger partial charge in [0, 0.05) is 33.4 Å². The van der Waals surface area contributed by atoms with Gasteiger partial charge in [0.05, 0.1) is 4.92 Å². The minimum absolute atomic E-state index is 0.0296. The van der Waals surface area contributed by atoms with Gasteiger partial charge in [0.25, 0.3) is 0 Å². The number of hydrogen-bond donors (Lipinski definition) is 1. The first-order valence-electron chi connectivity index (χ1n) is 6.56. The second-order valence-electron chi connectivity index (χ2n) is 4.77. The fourth-order valence-electron chi connectivity index (χ4n) is 2.37. The van der Waals surface area contributed by atoms with E-state index in [4.69, 9.17) is 4.74 Å². The average Bonchev–Trinajstić information content (AvgIpc) is 2.46. The molecule has 0 atom stereocenters. The van der Waals surface area contributed by atoms with E-state index in [1.807, 2.05) is 11.9 Å². The molecule has 0 aromatic carbocycles. The lowest BCUT2D eigenvalue weighted by Gasteiger charge is -2.31. The van der Waals surface area contributed by atoms with Crippen LogP contribution >= 0.6 is 0 Å². The van der Waals surface area contributed by atoms with Crippen molar-refractivity contribution in [2.24, 2.45) is 0 Å². The SMILES string of the molecule is CNc1nc(C)c([N+](=O)[O-])c(N(C)C2CCOCC2)n1. The molecule has 0 amide bonds. The van der Waals surface area contributed by atoms with E-state index in [1.54, 1.807) is 14.0 Å².